The van der Waals surface area contributed by atoms with E-state index in [-0.39, 0.29) is 6.04 Å². The van der Waals surface area contributed by atoms with Gasteiger partial charge in [-0.3, -0.25) is 0 Å². The van der Waals surface area contributed by atoms with Crippen molar-refractivity contribution in [3.05, 3.63) is 29.8 Å². The van der Waals surface area contributed by atoms with Crippen LogP contribution >= 0.6 is 0 Å². The first-order valence-electron chi connectivity index (χ1n) is 7.26. The Balaban J connectivity index is 2.23. The lowest BCUT2D eigenvalue weighted by Crippen LogP contribution is -2.36. The fourth-order valence-electron chi connectivity index (χ4n) is 2.30. The Hall–Kier alpha value is -0.910. The van der Waals surface area contributed by atoms with Gasteiger partial charge in [-0.2, -0.15) is 4.31 Å². The van der Waals surface area contributed by atoms with Gasteiger partial charge in [-0.1, -0.05) is 26.0 Å². The van der Waals surface area contributed by atoms with Crippen LogP contribution in [0, 0.1) is 5.92 Å². The minimum atomic E-state index is -3.36. The average Bonchev–Trinajstić information content (AvgIpc) is 3.21. The third-order valence-corrected chi connectivity index (χ3v) is 5.39. The molecule has 0 radical (unpaired) electrons. The van der Waals surface area contributed by atoms with Crippen molar-refractivity contribution in [2.75, 3.05) is 13.1 Å². The van der Waals surface area contributed by atoms with Gasteiger partial charge in [0.05, 0.1) is 4.90 Å². The second-order valence-corrected chi connectivity index (χ2v) is 7.77. The molecule has 1 aromatic carbocycles. The molecule has 0 amide bonds. The van der Waals surface area contributed by atoms with Crippen LogP contribution in [0.4, 0.5) is 0 Å². The Morgan fingerprint density at radius 1 is 1.25 bits per heavy atom. The predicted octanol–water partition coefficient (Wildman–Crippen LogP) is 2.00. The summed E-state index contributed by atoms with van der Waals surface area (Å²) < 4.78 is 27.1. The zero-order valence-corrected chi connectivity index (χ0v) is 13.1. The van der Waals surface area contributed by atoms with Crippen LogP contribution in [0.1, 0.15) is 32.3 Å². The fraction of sp³-hybridized carbons (Fsp3) is 0.600. The van der Waals surface area contributed by atoms with Gasteiger partial charge in [0.1, 0.15) is 0 Å². The molecule has 1 aliphatic carbocycles. The first kappa shape index (κ1) is 15.5. The second-order valence-electron chi connectivity index (χ2n) is 5.88. The molecule has 20 heavy (non-hydrogen) atoms. The standard InChI is InChI=1S/C15H24N2O2S/c1-12(2)11-17(14-5-6-14)20(18,19)15-7-3-13(4-8-15)9-10-16/h3-4,7-8,12,14H,5-6,9-11,16H2,1-2H3. The van der Waals surface area contributed by atoms with E-state index >= 15 is 0 Å². The van der Waals surface area contributed by atoms with Crippen molar-refractivity contribution in [2.45, 2.75) is 44.0 Å². The highest BCUT2D eigenvalue weighted by Crippen LogP contribution is 2.32. The van der Waals surface area contributed by atoms with Crippen molar-refractivity contribution in [1.29, 1.82) is 0 Å². The van der Waals surface area contributed by atoms with E-state index in [2.05, 4.69) is 13.8 Å². The Bertz CT molecular complexity index is 533. The minimum absolute atomic E-state index is 0.200. The number of sulfonamides is 1. The molecule has 0 heterocycles. The second kappa shape index (κ2) is 6.24. The van der Waals surface area contributed by atoms with E-state index in [1.165, 1.54) is 0 Å². The first-order valence-corrected chi connectivity index (χ1v) is 8.70. The van der Waals surface area contributed by atoms with Gasteiger partial charge in [0, 0.05) is 12.6 Å². The zero-order chi connectivity index (χ0) is 14.8. The highest BCUT2D eigenvalue weighted by Gasteiger charge is 2.38. The number of nitrogens with zero attached hydrogens (tertiary/aromatic N) is 1. The lowest BCUT2D eigenvalue weighted by atomic mass is 10.2. The molecule has 4 nitrogen and oxygen atoms in total. The summed E-state index contributed by atoms with van der Waals surface area (Å²) in [5.74, 6) is 0.335. The predicted molar refractivity (Wildman–Crippen MR) is 81.0 cm³/mol. The molecule has 0 bridgehead atoms. The molecule has 0 aromatic heterocycles. The van der Waals surface area contributed by atoms with Crippen molar-refractivity contribution in [3.8, 4) is 0 Å². The van der Waals surface area contributed by atoms with Gasteiger partial charge in [-0.25, -0.2) is 8.42 Å². The summed E-state index contributed by atoms with van der Waals surface area (Å²) in [6.07, 6.45) is 2.74. The van der Waals surface area contributed by atoms with Crippen molar-refractivity contribution >= 4 is 10.0 Å². The third-order valence-electron chi connectivity index (χ3n) is 3.46. The van der Waals surface area contributed by atoms with Crippen LogP contribution in [-0.4, -0.2) is 31.9 Å². The van der Waals surface area contributed by atoms with E-state index < -0.39 is 10.0 Å². The topological polar surface area (TPSA) is 63.4 Å². The van der Waals surface area contributed by atoms with Crippen LogP contribution in [0.2, 0.25) is 0 Å². The van der Waals surface area contributed by atoms with Crippen molar-refractivity contribution in [2.24, 2.45) is 11.7 Å². The van der Waals surface area contributed by atoms with Crippen molar-refractivity contribution in [3.63, 3.8) is 0 Å². The minimum Gasteiger partial charge on any atom is -0.330 e. The SMILES string of the molecule is CC(C)CN(C1CC1)S(=O)(=O)c1ccc(CCN)cc1. The molecular formula is C15H24N2O2S. The molecule has 5 heteroatoms. The van der Waals surface area contributed by atoms with E-state index in [9.17, 15) is 8.42 Å². The lowest BCUT2D eigenvalue weighted by molar-refractivity contribution is 0.360. The third kappa shape index (κ3) is 3.59. The van der Waals surface area contributed by atoms with Gasteiger partial charge in [-0.05, 0) is 49.4 Å². The van der Waals surface area contributed by atoms with Gasteiger partial charge < -0.3 is 5.73 Å². The molecule has 0 atom stereocenters. The Labute approximate surface area is 122 Å². The highest BCUT2D eigenvalue weighted by molar-refractivity contribution is 7.89. The van der Waals surface area contributed by atoms with E-state index in [1.54, 1.807) is 16.4 Å². The molecular weight excluding hydrogens is 272 g/mol. The molecule has 1 aliphatic rings. The van der Waals surface area contributed by atoms with Crippen molar-refractivity contribution in [1.82, 2.24) is 4.31 Å². The first-order chi connectivity index (χ1) is 9.45. The van der Waals surface area contributed by atoms with E-state index in [1.807, 2.05) is 12.1 Å². The molecule has 112 valence electrons. The van der Waals surface area contributed by atoms with Gasteiger partial charge in [0.25, 0.3) is 0 Å². The Kier molecular flexibility index (Phi) is 4.83. The van der Waals surface area contributed by atoms with Gasteiger partial charge >= 0.3 is 0 Å². The summed E-state index contributed by atoms with van der Waals surface area (Å²) in [7, 11) is -3.36. The summed E-state index contributed by atoms with van der Waals surface area (Å²) in [6, 6.07) is 7.33. The monoisotopic (exact) mass is 296 g/mol. The van der Waals surface area contributed by atoms with Crippen LogP contribution in [0.3, 0.4) is 0 Å². The number of hydrogen-bond donors (Lipinski definition) is 1. The maximum absolute atomic E-state index is 12.7. The summed E-state index contributed by atoms with van der Waals surface area (Å²) in [4.78, 5) is 0.394. The van der Waals surface area contributed by atoms with Gasteiger partial charge in [0.15, 0.2) is 0 Å². The largest absolute Gasteiger partial charge is 0.330 e. The number of hydrogen-bond acceptors (Lipinski definition) is 3. The normalized spacial score (nSPS) is 16.1. The van der Waals surface area contributed by atoms with Crippen LogP contribution < -0.4 is 5.73 Å². The maximum Gasteiger partial charge on any atom is 0.243 e. The van der Waals surface area contributed by atoms with E-state index in [0.717, 1.165) is 24.8 Å². The smallest absolute Gasteiger partial charge is 0.243 e. The maximum atomic E-state index is 12.7. The average molecular weight is 296 g/mol. The van der Waals surface area contributed by atoms with E-state index in [4.69, 9.17) is 5.73 Å². The molecule has 1 aromatic rings. The highest BCUT2D eigenvalue weighted by atomic mass is 32.2. The molecule has 0 saturated heterocycles. The summed E-state index contributed by atoms with van der Waals surface area (Å²) in [6.45, 7) is 5.27. The molecule has 0 aliphatic heterocycles. The summed E-state index contributed by atoms with van der Waals surface area (Å²) in [5.41, 5.74) is 6.59. The molecule has 2 N–H and O–H groups in total. The molecule has 1 saturated carbocycles. The molecule has 0 spiro atoms. The van der Waals surface area contributed by atoms with Crippen LogP contribution in [0.15, 0.2) is 29.2 Å². The fourth-order valence-corrected chi connectivity index (χ4v) is 4.14. The van der Waals surface area contributed by atoms with Crippen LogP contribution in [-0.2, 0) is 16.4 Å². The van der Waals surface area contributed by atoms with Gasteiger partial charge in [0.2, 0.25) is 10.0 Å². The number of rotatable bonds is 7. The lowest BCUT2D eigenvalue weighted by Gasteiger charge is -2.23. The van der Waals surface area contributed by atoms with Crippen LogP contribution in [0.5, 0.6) is 0 Å². The molecule has 1 fully saturated rings. The Morgan fingerprint density at radius 3 is 2.30 bits per heavy atom. The molecule has 2 rings (SSSR count). The number of benzene rings is 1. The molecule has 0 unspecified atom stereocenters. The quantitative estimate of drug-likeness (QED) is 0.837. The Morgan fingerprint density at radius 2 is 1.85 bits per heavy atom. The van der Waals surface area contributed by atoms with Crippen molar-refractivity contribution < 1.29 is 8.42 Å². The summed E-state index contributed by atoms with van der Waals surface area (Å²) >= 11 is 0. The summed E-state index contributed by atoms with van der Waals surface area (Å²) in [5, 5.41) is 0. The van der Waals surface area contributed by atoms with Gasteiger partial charge in [-0.15, -0.1) is 0 Å². The van der Waals surface area contributed by atoms with Crippen LogP contribution in [0.25, 0.3) is 0 Å². The number of nitrogens with two attached hydrogens (primary N) is 1. The zero-order valence-electron chi connectivity index (χ0n) is 12.2. The van der Waals surface area contributed by atoms with E-state index in [0.29, 0.717) is 23.9 Å².